The minimum atomic E-state index is -0.223. The van der Waals surface area contributed by atoms with Gasteiger partial charge in [-0.05, 0) is 49.2 Å². The summed E-state index contributed by atoms with van der Waals surface area (Å²) < 4.78 is 18.6. The van der Waals surface area contributed by atoms with Crippen LogP contribution in [0, 0.1) is 5.82 Å². The van der Waals surface area contributed by atoms with Crippen molar-refractivity contribution in [2.24, 2.45) is 5.73 Å². The first-order valence-corrected chi connectivity index (χ1v) is 6.90. The summed E-state index contributed by atoms with van der Waals surface area (Å²) >= 11 is 0. The Morgan fingerprint density at radius 2 is 1.80 bits per heavy atom. The van der Waals surface area contributed by atoms with Gasteiger partial charge >= 0.3 is 0 Å². The lowest BCUT2D eigenvalue weighted by atomic mass is 9.91. The van der Waals surface area contributed by atoms with Crippen molar-refractivity contribution >= 4 is 0 Å². The Kier molecular flexibility index (Phi) is 5.13. The van der Waals surface area contributed by atoms with Crippen LogP contribution in [0.3, 0.4) is 0 Å². The maximum Gasteiger partial charge on any atom is 0.123 e. The fraction of sp³-hybridized carbons (Fsp3) is 0.294. The Labute approximate surface area is 119 Å². The van der Waals surface area contributed by atoms with E-state index in [1.807, 2.05) is 25.1 Å². The van der Waals surface area contributed by atoms with Crippen molar-refractivity contribution in [3.63, 3.8) is 0 Å². The molecule has 0 aliphatic rings. The summed E-state index contributed by atoms with van der Waals surface area (Å²) in [6.45, 7) is 3.13. The molecule has 2 aromatic carbocycles. The van der Waals surface area contributed by atoms with E-state index < -0.39 is 0 Å². The second-order valence-corrected chi connectivity index (χ2v) is 4.73. The Balaban J connectivity index is 2.20. The molecule has 3 heteroatoms. The van der Waals surface area contributed by atoms with Crippen LogP contribution in [-0.4, -0.2) is 13.2 Å². The number of halogens is 1. The van der Waals surface area contributed by atoms with Crippen LogP contribution in [0.4, 0.5) is 4.39 Å². The van der Waals surface area contributed by atoms with Gasteiger partial charge in [0, 0.05) is 5.92 Å². The van der Waals surface area contributed by atoms with E-state index in [4.69, 9.17) is 10.5 Å². The highest BCUT2D eigenvalue weighted by Crippen LogP contribution is 2.26. The molecule has 0 aliphatic carbocycles. The zero-order valence-corrected chi connectivity index (χ0v) is 11.7. The number of para-hydroxylation sites is 1. The highest BCUT2D eigenvalue weighted by Gasteiger charge is 2.13. The predicted molar refractivity (Wildman–Crippen MR) is 79.5 cm³/mol. The Morgan fingerprint density at radius 1 is 1.10 bits per heavy atom. The number of rotatable bonds is 6. The summed E-state index contributed by atoms with van der Waals surface area (Å²) in [6, 6.07) is 14.5. The number of hydrogen-bond donors (Lipinski definition) is 1. The van der Waals surface area contributed by atoms with Gasteiger partial charge in [-0.15, -0.1) is 0 Å². The molecule has 1 atom stereocenters. The highest BCUT2D eigenvalue weighted by atomic mass is 19.1. The molecule has 0 bridgehead atoms. The summed E-state index contributed by atoms with van der Waals surface area (Å²) in [5, 5.41) is 0. The van der Waals surface area contributed by atoms with Gasteiger partial charge in [-0.2, -0.15) is 0 Å². The summed E-state index contributed by atoms with van der Waals surface area (Å²) in [6.07, 6.45) is 0.790. The molecular formula is C17H20FNO. The maximum absolute atomic E-state index is 13.0. The van der Waals surface area contributed by atoms with E-state index in [0.717, 1.165) is 23.3 Å². The zero-order chi connectivity index (χ0) is 14.4. The quantitative estimate of drug-likeness (QED) is 0.874. The first kappa shape index (κ1) is 14.5. The molecule has 1 unspecified atom stereocenters. The average Bonchev–Trinajstić information content (AvgIpc) is 2.48. The van der Waals surface area contributed by atoms with Crippen molar-refractivity contribution < 1.29 is 9.13 Å². The topological polar surface area (TPSA) is 35.2 Å². The van der Waals surface area contributed by atoms with Crippen molar-refractivity contribution in [3.8, 4) is 5.75 Å². The number of nitrogens with two attached hydrogens (primary N) is 1. The predicted octanol–water partition coefficient (Wildman–Crippen LogP) is 3.51. The zero-order valence-electron chi connectivity index (χ0n) is 11.7. The molecule has 2 aromatic rings. The van der Waals surface area contributed by atoms with Gasteiger partial charge in [-0.3, -0.25) is 0 Å². The molecule has 0 aromatic heterocycles. The molecule has 2 nitrogen and oxygen atoms in total. The first-order valence-electron chi connectivity index (χ1n) is 6.90. The molecular weight excluding hydrogens is 253 g/mol. The molecule has 106 valence electrons. The van der Waals surface area contributed by atoms with Crippen molar-refractivity contribution in [1.82, 2.24) is 0 Å². The van der Waals surface area contributed by atoms with Crippen LogP contribution in [-0.2, 0) is 6.42 Å². The van der Waals surface area contributed by atoms with E-state index >= 15 is 0 Å². The van der Waals surface area contributed by atoms with Gasteiger partial charge in [0.15, 0.2) is 0 Å². The van der Waals surface area contributed by atoms with E-state index in [9.17, 15) is 4.39 Å². The van der Waals surface area contributed by atoms with Gasteiger partial charge in [-0.25, -0.2) is 4.39 Å². The van der Waals surface area contributed by atoms with E-state index in [-0.39, 0.29) is 11.7 Å². The summed E-state index contributed by atoms with van der Waals surface area (Å²) in [5.41, 5.74) is 8.07. The SMILES string of the molecule is CCOc1ccccc1CC(CN)c1ccc(F)cc1. The van der Waals surface area contributed by atoms with Gasteiger partial charge < -0.3 is 10.5 Å². The van der Waals surface area contributed by atoms with Gasteiger partial charge in [0.05, 0.1) is 6.61 Å². The number of benzene rings is 2. The Morgan fingerprint density at radius 3 is 2.45 bits per heavy atom. The van der Waals surface area contributed by atoms with E-state index in [1.165, 1.54) is 12.1 Å². The summed E-state index contributed by atoms with van der Waals surface area (Å²) in [5.74, 6) is 0.840. The molecule has 0 spiro atoms. The van der Waals surface area contributed by atoms with Crippen molar-refractivity contribution in [2.75, 3.05) is 13.2 Å². The van der Waals surface area contributed by atoms with Crippen molar-refractivity contribution in [1.29, 1.82) is 0 Å². The third-order valence-corrected chi connectivity index (χ3v) is 3.36. The largest absolute Gasteiger partial charge is 0.494 e. The fourth-order valence-electron chi connectivity index (χ4n) is 2.31. The number of ether oxygens (including phenoxy) is 1. The van der Waals surface area contributed by atoms with Gasteiger partial charge in [0.1, 0.15) is 11.6 Å². The van der Waals surface area contributed by atoms with Crippen LogP contribution in [0.1, 0.15) is 24.0 Å². The Hall–Kier alpha value is -1.87. The van der Waals surface area contributed by atoms with Gasteiger partial charge in [0.25, 0.3) is 0 Å². The van der Waals surface area contributed by atoms with Crippen LogP contribution < -0.4 is 10.5 Å². The fourth-order valence-corrected chi connectivity index (χ4v) is 2.31. The standard InChI is InChI=1S/C17H20FNO/c1-2-20-17-6-4-3-5-14(17)11-15(12-19)13-7-9-16(18)10-8-13/h3-10,15H,2,11-12,19H2,1H3. The van der Waals surface area contributed by atoms with E-state index in [1.54, 1.807) is 12.1 Å². The number of hydrogen-bond acceptors (Lipinski definition) is 2. The van der Waals surface area contributed by atoms with Gasteiger partial charge in [0.2, 0.25) is 0 Å². The molecule has 0 amide bonds. The molecule has 2 rings (SSSR count). The molecule has 0 saturated carbocycles. The molecule has 0 radical (unpaired) electrons. The van der Waals surface area contributed by atoms with Crippen molar-refractivity contribution in [3.05, 3.63) is 65.5 Å². The third-order valence-electron chi connectivity index (χ3n) is 3.36. The summed E-state index contributed by atoms with van der Waals surface area (Å²) in [7, 11) is 0. The second kappa shape index (κ2) is 7.06. The smallest absolute Gasteiger partial charge is 0.123 e. The summed E-state index contributed by atoms with van der Waals surface area (Å²) in [4.78, 5) is 0. The maximum atomic E-state index is 13.0. The highest BCUT2D eigenvalue weighted by molar-refractivity contribution is 5.35. The van der Waals surface area contributed by atoms with Crippen molar-refractivity contribution in [2.45, 2.75) is 19.3 Å². The van der Waals surface area contributed by atoms with Gasteiger partial charge in [-0.1, -0.05) is 30.3 Å². The molecule has 0 heterocycles. The molecule has 0 aliphatic heterocycles. The van der Waals surface area contributed by atoms with E-state index in [0.29, 0.717) is 13.2 Å². The van der Waals surface area contributed by atoms with E-state index in [2.05, 4.69) is 6.07 Å². The lowest BCUT2D eigenvalue weighted by molar-refractivity contribution is 0.335. The molecule has 0 saturated heterocycles. The molecule has 2 N–H and O–H groups in total. The van der Waals surface area contributed by atoms with Crippen LogP contribution in [0.5, 0.6) is 5.75 Å². The molecule has 0 fully saturated rings. The first-order chi connectivity index (χ1) is 9.74. The Bertz CT molecular complexity index is 539. The minimum Gasteiger partial charge on any atom is -0.494 e. The third kappa shape index (κ3) is 3.58. The van der Waals surface area contributed by atoms with Crippen LogP contribution in [0.25, 0.3) is 0 Å². The lowest BCUT2D eigenvalue weighted by Crippen LogP contribution is -2.15. The normalized spacial score (nSPS) is 12.2. The average molecular weight is 273 g/mol. The van der Waals surface area contributed by atoms with Crippen LogP contribution in [0.15, 0.2) is 48.5 Å². The second-order valence-electron chi connectivity index (χ2n) is 4.73. The minimum absolute atomic E-state index is 0.164. The van der Waals surface area contributed by atoms with Crippen LogP contribution >= 0.6 is 0 Å². The lowest BCUT2D eigenvalue weighted by Gasteiger charge is -2.17. The molecule has 20 heavy (non-hydrogen) atoms. The monoisotopic (exact) mass is 273 g/mol. The van der Waals surface area contributed by atoms with Crippen LogP contribution in [0.2, 0.25) is 0 Å².